The van der Waals surface area contributed by atoms with Crippen LogP contribution in [0.15, 0.2) is 65.8 Å². The van der Waals surface area contributed by atoms with Crippen LogP contribution in [-0.2, 0) is 0 Å². The van der Waals surface area contributed by atoms with E-state index in [1.807, 2.05) is 0 Å². The van der Waals surface area contributed by atoms with E-state index in [9.17, 15) is 0 Å². The molecule has 1 nitrogen and oxygen atoms in total. The smallest absolute Gasteiger partial charge is 0.0431 e. The molecule has 7 heteroatoms. The zero-order chi connectivity index (χ0) is 50.4. The van der Waals surface area contributed by atoms with Crippen LogP contribution in [-0.4, -0.2) is 46.2 Å². The van der Waals surface area contributed by atoms with Crippen molar-refractivity contribution < 1.29 is 5.11 Å². The lowest BCUT2D eigenvalue weighted by Gasteiger charge is -2.20. The van der Waals surface area contributed by atoms with Crippen LogP contribution in [0.25, 0.3) is 32.3 Å². The average molecular weight is 1080 g/mol. The third-order valence-corrected chi connectivity index (χ3v) is 21.4. The lowest BCUT2D eigenvalue weighted by molar-refractivity contribution is 0.282. The predicted octanol–water partition coefficient (Wildman–Crippen LogP) is 24.1. The van der Waals surface area contributed by atoms with Gasteiger partial charge in [-0.3, -0.25) is 0 Å². The number of fused-ring (bicyclic) bond motifs is 6. The largest absolute Gasteiger partial charge is 0.396 e. The SMILES string of the molecule is CCCCCCSc1cc2c3cc(SCCCCCC)c(SCCCCCC)cc3c3cc(SCCCCCCCCCCCCCCCCO)c(SCCCCCC)cc3c2cc1SCCCCCC. The van der Waals surface area contributed by atoms with Gasteiger partial charge in [0, 0.05) is 36.0 Å². The highest BCUT2D eigenvalue weighted by atomic mass is 32.2. The fourth-order valence-electron chi connectivity index (χ4n) is 9.77. The third-order valence-electron chi connectivity index (χ3n) is 14.2. The first-order valence-corrected chi connectivity index (χ1v) is 35.9. The molecular weight excluding hydrogens is 977 g/mol. The lowest BCUT2D eigenvalue weighted by Crippen LogP contribution is -1.94. The summed E-state index contributed by atoms with van der Waals surface area (Å²) in [6, 6.07) is 16.1. The Morgan fingerprint density at radius 1 is 0.225 bits per heavy atom. The number of rotatable bonds is 47. The molecule has 0 heterocycles. The summed E-state index contributed by atoms with van der Waals surface area (Å²) in [6.45, 7) is 12.0. The molecule has 0 amide bonds. The summed E-state index contributed by atoms with van der Waals surface area (Å²) in [5, 5.41) is 17.9. The zero-order valence-electron chi connectivity index (χ0n) is 46.4. The maximum atomic E-state index is 9.01. The van der Waals surface area contributed by atoms with E-state index in [1.165, 1.54) is 308 Å². The summed E-state index contributed by atoms with van der Waals surface area (Å²) >= 11 is 12.9. The second kappa shape index (κ2) is 41.8. The van der Waals surface area contributed by atoms with Crippen molar-refractivity contribution in [1.29, 1.82) is 0 Å². The Kier molecular flexibility index (Phi) is 37.3. The number of aliphatic hydroxyl groups excluding tert-OH is 1. The molecule has 0 aliphatic rings. The summed E-state index contributed by atoms with van der Waals surface area (Å²) in [7, 11) is 0. The molecule has 0 aliphatic carbocycles. The molecule has 402 valence electrons. The Balaban J connectivity index is 1.72. The average Bonchev–Trinajstić information content (AvgIpc) is 3.38. The van der Waals surface area contributed by atoms with Gasteiger partial charge in [-0.2, -0.15) is 0 Å². The highest BCUT2D eigenvalue weighted by molar-refractivity contribution is 8.03. The first kappa shape index (κ1) is 63.3. The van der Waals surface area contributed by atoms with E-state index in [0.717, 1.165) is 6.42 Å². The minimum absolute atomic E-state index is 0.357. The van der Waals surface area contributed by atoms with Crippen LogP contribution in [0.4, 0.5) is 0 Å². The standard InChI is InChI=1S/C64H104OS6/c1-6-11-16-34-41-66-59-47-53-54-48-60(67-42-35-17-12-7-2)62(69-44-37-19-14-9-4)50-56(54)58-52-64(71-46-39-32-30-28-26-24-22-21-23-25-27-29-31-33-40-65)63(70-45-38-20-15-10-5)51-57(58)55(53)49-61(59)68-43-36-18-13-8-3/h47-52,65H,6-46H2,1-5H3. The fourth-order valence-corrected chi connectivity index (χ4v) is 16.7. The van der Waals surface area contributed by atoms with Crippen LogP contribution >= 0.6 is 70.6 Å². The van der Waals surface area contributed by atoms with Crippen LogP contribution in [0.5, 0.6) is 0 Å². The highest BCUT2D eigenvalue weighted by Gasteiger charge is 2.19. The molecular formula is C64H104OS6. The number of hydrogen-bond donors (Lipinski definition) is 1. The first-order chi connectivity index (χ1) is 35.1. The normalized spacial score (nSPS) is 11.9. The van der Waals surface area contributed by atoms with Crippen molar-refractivity contribution in [2.45, 2.75) is 282 Å². The first-order valence-electron chi connectivity index (χ1n) is 30.0. The molecule has 0 bridgehead atoms. The van der Waals surface area contributed by atoms with E-state index < -0.39 is 0 Å². The number of benzene rings is 4. The van der Waals surface area contributed by atoms with Crippen molar-refractivity contribution in [3.63, 3.8) is 0 Å². The van der Waals surface area contributed by atoms with Crippen molar-refractivity contribution >= 4 is 103 Å². The number of thioether (sulfide) groups is 6. The van der Waals surface area contributed by atoms with Crippen LogP contribution in [0.2, 0.25) is 0 Å². The van der Waals surface area contributed by atoms with Gasteiger partial charge in [0.05, 0.1) is 0 Å². The summed E-state index contributed by atoms with van der Waals surface area (Å²) < 4.78 is 0. The van der Waals surface area contributed by atoms with Crippen molar-refractivity contribution in [3.05, 3.63) is 36.4 Å². The van der Waals surface area contributed by atoms with Crippen molar-refractivity contribution in [1.82, 2.24) is 0 Å². The van der Waals surface area contributed by atoms with Gasteiger partial charge < -0.3 is 5.11 Å². The Labute approximate surface area is 464 Å². The monoisotopic (exact) mass is 1080 g/mol. The third kappa shape index (κ3) is 25.2. The molecule has 0 spiro atoms. The summed E-state index contributed by atoms with van der Waals surface area (Å²) in [4.78, 5) is 9.14. The van der Waals surface area contributed by atoms with Crippen LogP contribution in [0.3, 0.4) is 0 Å². The van der Waals surface area contributed by atoms with Crippen molar-refractivity contribution in [3.8, 4) is 0 Å². The van der Waals surface area contributed by atoms with Gasteiger partial charge in [0.1, 0.15) is 0 Å². The zero-order valence-corrected chi connectivity index (χ0v) is 51.3. The van der Waals surface area contributed by atoms with Gasteiger partial charge in [-0.05, 0) is 148 Å². The highest BCUT2D eigenvalue weighted by Crippen LogP contribution is 2.47. The molecule has 0 atom stereocenters. The molecule has 0 fully saturated rings. The van der Waals surface area contributed by atoms with Crippen LogP contribution < -0.4 is 0 Å². The van der Waals surface area contributed by atoms with Gasteiger partial charge in [-0.25, -0.2) is 0 Å². The van der Waals surface area contributed by atoms with E-state index in [1.54, 1.807) is 0 Å². The van der Waals surface area contributed by atoms with Gasteiger partial charge >= 0.3 is 0 Å². The molecule has 0 radical (unpaired) electrons. The second-order valence-corrected chi connectivity index (χ2v) is 27.4. The fraction of sp³-hybridized carbons (Fsp3) is 0.719. The molecule has 0 aliphatic heterocycles. The number of unbranched alkanes of at least 4 members (excludes halogenated alkanes) is 28. The Morgan fingerprint density at radius 2 is 0.380 bits per heavy atom. The van der Waals surface area contributed by atoms with Crippen LogP contribution in [0, 0.1) is 0 Å². The van der Waals surface area contributed by atoms with Gasteiger partial charge in [0.2, 0.25) is 0 Å². The summed E-state index contributed by atoms with van der Waals surface area (Å²) in [5.41, 5.74) is 0. The predicted molar refractivity (Wildman–Crippen MR) is 336 cm³/mol. The maximum absolute atomic E-state index is 9.01. The number of hydrogen-bond acceptors (Lipinski definition) is 7. The Hall–Kier alpha value is -0.280. The molecule has 4 rings (SSSR count). The van der Waals surface area contributed by atoms with E-state index in [2.05, 4.69) is 142 Å². The quantitative estimate of drug-likeness (QED) is 0.0267. The summed E-state index contributed by atoms with van der Waals surface area (Å²) in [5.74, 6) is 7.28. The van der Waals surface area contributed by atoms with E-state index in [0.29, 0.717) is 6.61 Å². The minimum Gasteiger partial charge on any atom is -0.396 e. The van der Waals surface area contributed by atoms with Gasteiger partial charge in [-0.15, -0.1) is 70.6 Å². The molecule has 71 heavy (non-hydrogen) atoms. The Bertz CT molecular complexity index is 1910. The van der Waals surface area contributed by atoms with E-state index >= 15 is 0 Å². The minimum atomic E-state index is 0.357. The second-order valence-electron chi connectivity index (χ2n) is 20.6. The van der Waals surface area contributed by atoms with Gasteiger partial charge in [-0.1, -0.05) is 208 Å². The molecule has 4 aromatic carbocycles. The molecule has 0 unspecified atom stereocenters. The Morgan fingerprint density at radius 3 is 0.549 bits per heavy atom. The van der Waals surface area contributed by atoms with Crippen molar-refractivity contribution in [2.75, 3.05) is 41.1 Å². The van der Waals surface area contributed by atoms with E-state index in [4.69, 9.17) is 5.11 Å². The molecule has 0 aromatic heterocycles. The molecule has 0 saturated heterocycles. The topological polar surface area (TPSA) is 20.2 Å². The number of aliphatic hydroxyl groups is 1. The van der Waals surface area contributed by atoms with Crippen molar-refractivity contribution in [2.24, 2.45) is 0 Å². The molecule has 1 N–H and O–H groups in total. The summed E-state index contributed by atoms with van der Waals surface area (Å²) in [6.07, 6.45) is 45.2. The van der Waals surface area contributed by atoms with E-state index in [-0.39, 0.29) is 0 Å². The van der Waals surface area contributed by atoms with Gasteiger partial charge in [0.15, 0.2) is 0 Å². The molecule has 4 aromatic rings. The maximum Gasteiger partial charge on any atom is 0.0431 e. The van der Waals surface area contributed by atoms with Crippen LogP contribution in [0.1, 0.15) is 253 Å². The lowest BCUT2D eigenvalue weighted by atomic mass is 9.94. The van der Waals surface area contributed by atoms with Gasteiger partial charge in [0.25, 0.3) is 0 Å². The molecule has 0 saturated carbocycles.